The second-order valence-electron chi connectivity index (χ2n) is 5.00. The lowest BCUT2D eigenvalue weighted by Crippen LogP contribution is -2.49. The van der Waals surface area contributed by atoms with E-state index in [1.165, 1.54) is 0 Å². The molecule has 2 amide bonds. The maximum atomic E-state index is 11.8. The van der Waals surface area contributed by atoms with E-state index in [1.54, 1.807) is 7.05 Å². The molecule has 1 fully saturated rings. The van der Waals surface area contributed by atoms with E-state index < -0.39 is 12.1 Å². The van der Waals surface area contributed by atoms with Gasteiger partial charge in [0.2, 0.25) is 11.8 Å². The Hall–Kier alpha value is -1.14. The fourth-order valence-electron chi connectivity index (χ4n) is 2.26. The monoisotopic (exact) mass is 271 g/mol. The lowest BCUT2D eigenvalue weighted by molar-refractivity contribution is -0.132. The van der Waals surface area contributed by atoms with E-state index in [2.05, 4.69) is 16.0 Å². The third-order valence-corrected chi connectivity index (χ3v) is 3.55. The molecule has 0 aliphatic carbocycles. The summed E-state index contributed by atoms with van der Waals surface area (Å²) in [6, 6.07) is -0.393. The zero-order chi connectivity index (χ0) is 14.3. The number of hydrogen-bond donors (Lipinski definition) is 4. The molecule has 0 saturated carbocycles. The number of rotatable bonds is 8. The van der Waals surface area contributed by atoms with Gasteiger partial charge in [-0.25, -0.2) is 0 Å². The van der Waals surface area contributed by atoms with Gasteiger partial charge >= 0.3 is 0 Å². The first-order valence-corrected chi connectivity index (χ1v) is 7.00. The standard InChI is InChI=1S/C13H25N3O3/c1-3-4-6-15-13(19)11(17)10(14-2)8-9-5-7-16-12(9)18/h9-11,14,17H,3-8H2,1-2H3,(H,15,19)(H,16,18). The Labute approximate surface area is 114 Å². The van der Waals surface area contributed by atoms with Crippen molar-refractivity contribution in [1.29, 1.82) is 0 Å². The van der Waals surface area contributed by atoms with E-state index in [4.69, 9.17) is 0 Å². The Morgan fingerprint density at radius 2 is 2.32 bits per heavy atom. The van der Waals surface area contributed by atoms with Gasteiger partial charge in [-0.3, -0.25) is 9.59 Å². The summed E-state index contributed by atoms with van der Waals surface area (Å²) < 4.78 is 0. The van der Waals surface area contributed by atoms with Crippen LogP contribution in [-0.2, 0) is 9.59 Å². The van der Waals surface area contributed by atoms with Crippen LogP contribution in [0.1, 0.15) is 32.6 Å². The van der Waals surface area contributed by atoms with Crippen molar-refractivity contribution in [2.45, 2.75) is 44.8 Å². The first kappa shape index (κ1) is 15.9. The Kier molecular flexibility index (Phi) is 6.80. The minimum Gasteiger partial charge on any atom is -0.382 e. The van der Waals surface area contributed by atoms with Crippen molar-refractivity contribution in [1.82, 2.24) is 16.0 Å². The van der Waals surface area contributed by atoms with E-state index in [9.17, 15) is 14.7 Å². The average molecular weight is 271 g/mol. The minimum atomic E-state index is -1.12. The summed E-state index contributed by atoms with van der Waals surface area (Å²) in [6.07, 6.45) is 2.02. The minimum absolute atomic E-state index is 0.0128. The molecule has 0 aromatic heterocycles. The van der Waals surface area contributed by atoms with Crippen LogP contribution in [0.5, 0.6) is 0 Å². The molecule has 0 spiro atoms. The molecular weight excluding hydrogens is 246 g/mol. The van der Waals surface area contributed by atoms with Crippen LogP contribution < -0.4 is 16.0 Å². The molecule has 1 aliphatic heterocycles. The zero-order valence-corrected chi connectivity index (χ0v) is 11.7. The molecule has 6 heteroatoms. The van der Waals surface area contributed by atoms with Crippen molar-refractivity contribution in [2.75, 3.05) is 20.1 Å². The van der Waals surface area contributed by atoms with Crippen LogP contribution in [0.2, 0.25) is 0 Å². The van der Waals surface area contributed by atoms with Gasteiger partial charge in [-0.15, -0.1) is 0 Å². The van der Waals surface area contributed by atoms with E-state index in [1.807, 2.05) is 6.92 Å². The number of hydrogen-bond acceptors (Lipinski definition) is 4. The maximum Gasteiger partial charge on any atom is 0.250 e. The normalized spacial score (nSPS) is 21.8. The molecule has 1 rings (SSSR count). The lowest BCUT2D eigenvalue weighted by Gasteiger charge is -2.23. The first-order chi connectivity index (χ1) is 9.10. The molecule has 1 saturated heterocycles. The van der Waals surface area contributed by atoms with Crippen molar-refractivity contribution >= 4 is 11.8 Å². The highest BCUT2D eigenvalue weighted by Gasteiger charge is 2.32. The Morgan fingerprint density at radius 1 is 1.58 bits per heavy atom. The fraction of sp³-hybridized carbons (Fsp3) is 0.846. The quantitative estimate of drug-likeness (QED) is 0.443. The number of amides is 2. The van der Waals surface area contributed by atoms with Crippen molar-refractivity contribution in [2.24, 2.45) is 5.92 Å². The fourth-order valence-corrected chi connectivity index (χ4v) is 2.26. The Balaban J connectivity index is 2.43. The summed E-state index contributed by atoms with van der Waals surface area (Å²) >= 11 is 0. The molecule has 0 radical (unpaired) electrons. The number of carbonyl (C=O) groups is 2. The predicted octanol–water partition coefficient (Wildman–Crippen LogP) is -0.622. The lowest BCUT2D eigenvalue weighted by atomic mass is 9.95. The van der Waals surface area contributed by atoms with Crippen LogP contribution in [0, 0.1) is 5.92 Å². The smallest absolute Gasteiger partial charge is 0.250 e. The largest absolute Gasteiger partial charge is 0.382 e. The van der Waals surface area contributed by atoms with Crippen molar-refractivity contribution < 1.29 is 14.7 Å². The Morgan fingerprint density at radius 3 is 2.84 bits per heavy atom. The second-order valence-corrected chi connectivity index (χ2v) is 5.00. The van der Waals surface area contributed by atoms with Gasteiger partial charge in [0, 0.05) is 25.0 Å². The molecule has 3 atom stereocenters. The molecule has 0 aromatic rings. The molecule has 1 heterocycles. The van der Waals surface area contributed by atoms with Crippen LogP contribution in [0.4, 0.5) is 0 Å². The van der Waals surface area contributed by atoms with Crippen molar-refractivity contribution in [3.63, 3.8) is 0 Å². The van der Waals surface area contributed by atoms with E-state index in [0.717, 1.165) is 19.3 Å². The number of unbranched alkanes of at least 4 members (excludes halogenated alkanes) is 1. The van der Waals surface area contributed by atoms with Crippen LogP contribution >= 0.6 is 0 Å². The number of aliphatic hydroxyl groups excluding tert-OH is 1. The van der Waals surface area contributed by atoms with Gasteiger partial charge in [-0.1, -0.05) is 13.3 Å². The topological polar surface area (TPSA) is 90.5 Å². The number of carbonyl (C=O) groups excluding carboxylic acids is 2. The summed E-state index contributed by atoms with van der Waals surface area (Å²) in [7, 11) is 1.69. The number of nitrogens with one attached hydrogen (secondary N) is 3. The molecule has 6 nitrogen and oxygen atoms in total. The van der Waals surface area contributed by atoms with Gasteiger partial charge < -0.3 is 21.1 Å². The van der Waals surface area contributed by atoms with Gasteiger partial charge in [0.15, 0.2) is 0 Å². The maximum absolute atomic E-state index is 11.8. The van der Waals surface area contributed by atoms with Crippen LogP contribution in [0.25, 0.3) is 0 Å². The summed E-state index contributed by atoms with van der Waals surface area (Å²) in [5.74, 6) is -0.472. The highest BCUT2D eigenvalue weighted by atomic mass is 16.3. The van der Waals surface area contributed by atoms with Gasteiger partial charge in [-0.2, -0.15) is 0 Å². The predicted molar refractivity (Wildman–Crippen MR) is 72.5 cm³/mol. The Bertz CT molecular complexity index is 310. The van der Waals surface area contributed by atoms with Crippen LogP contribution in [0.3, 0.4) is 0 Å². The summed E-state index contributed by atoms with van der Waals surface area (Å²) in [6.45, 7) is 3.29. The highest BCUT2D eigenvalue weighted by Crippen LogP contribution is 2.17. The zero-order valence-electron chi connectivity index (χ0n) is 11.7. The van der Waals surface area contributed by atoms with E-state index in [-0.39, 0.29) is 17.7 Å². The van der Waals surface area contributed by atoms with Gasteiger partial charge in [-0.05, 0) is 26.3 Å². The molecule has 110 valence electrons. The molecule has 0 aromatic carbocycles. The third kappa shape index (κ3) is 4.80. The number of aliphatic hydroxyl groups is 1. The third-order valence-electron chi connectivity index (χ3n) is 3.55. The molecule has 19 heavy (non-hydrogen) atoms. The summed E-state index contributed by atoms with van der Waals surface area (Å²) in [4.78, 5) is 23.3. The molecule has 0 bridgehead atoms. The molecule has 1 aliphatic rings. The first-order valence-electron chi connectivity index (χ1n) is 7.00. The number of likely N-dealkylation sites (N-methyl/N-ethyl adjacent to an activating group) is 1. The average Bonchev–Trinajstić information content (AvgIpc) is 2.80. The van der Waals surface area contributed by atoms with E-state index >= 15 is 0 Å². The molecule has 3 unspecified atom stereocenters. The van der Waals surface area contributed by atoms with Gasteiger partial charge in [0.05, 0.1) is 0 Å². The van der Waals surface area contributed by atoms with Crippen molar-refractivity contribution in [3.05, 3.63) is 0 Å². The highest BCUT2D eigenvalue weighted by molar-refractivity contribution is 5.82. The molecular formula is C13H25N3O3. The molecule has 4 N–H and O–H groups in total. The SMILES string of the molecule is CCCCNC(=O)C(O)C(CC1CCNC1=O)NC. The second kappa shape index (κ2) is 8.12. The van der Waals surface area contributed by atoms with Crippen LogP contribution in [0.15, 0.2) is 0 Å². The summed E-state index contributed by atoms with van der Waals surface area (Å²) in [5.41, 5.74) is 0. The summed E-state index contributed by atoms with van der Waals surface area (Å²) in [5, 5.41) is 18.4. The van der Waals surface area contributed by atoms with Crippen LogP contribution in [-0.4, -0.2) is 49.2 Å². The van der Waals surface area contributed by atoms with Gasteiger partial charge in [0.1, 0.15) is 6.10 Å². The van der Waals surface area contributed by atoms with E-state index in [0.29, 0.717) is 19.5 Å². The van der Waals surface area contributed by atoms with Crippen molar-refractivity contribution in [3.8, 4) is 0 Å². The van der Waals surface area contributed by atoms with Gasteiger partial charge in [0.25, 0.3) is 0 Å².